The lowest BCUT2D eigenvalue weighted by molar-refractivity contribution is -0.144. The number of fused-ring (bicyclic) bond motifs is 1. The van der Waals surface area contributed by atoms with Gasteiger partial charge in [-0.15, -0.1) is 0 Å². The largest absolute Gasteiger partial charge is 0.479 e. The number of nitrogens with zero attached hydrogens (tertiary/aromatic N) is 1. The number of hydrogen-bond donors (Lipinski definition) is 1. The molecule has 0 saturated carbocycles. The van der Waals surface area contributed by atoms with E-state index in [1.807, 2.05) is 13.0 Å². The molecule has 2 atom stereocenters. The van der Waals surface area contributed by atoms with Crippen LogP contribution in [0.2, 0.25) is 0 Å². The third-order valence-corrected chi connectivity index (χ3v) is 3.58. The second kappa shape index (κ2) is 6.13. The number of esters is 1. The highest BCUT2D eigenvalue weighted by atomic mass is 16.5. The van der Waals surface area contributed by atoms with Crippen LogP contribution in [0.1, 0.15) is 25.8 Å². The Hall–Kier alpha value is -2.08. The van der Waals surface area contributed by atoms with E-state index in [-0.39, 0.29) is 5.91 Å². The molecule has 0 aromatic heterocycles. The van der Waals surface area contributed by atoms with Crippen LogP contribution in [0, 0.1) is 0 Å². The molecule has 1 aliphatic rings. The zero-order chi connectivity index (χ0) is 15.6. The number of carbonyl (C=O) groups excluding carboxylic acids is 2. The molecular formula is C15H20N2O4. The summed E-state index contributed by atoms with van der Waals surface area (Å²) in [6.07, 6.45) is -0.183. The first-order valence-corrected chi connectivity index (χ1v) is 6.94. The standard InChI is InChI=1S/C15H20N2O4/c1-4-11(15(19)20-3)17-12-7-10(8-16)5-6-13(12)21-9(2)14(17)18/h5-7,9,11H,4,8,16H2,1-3H3. The molecule has 0 bridgehead atoms. The summed E-state index contributed by atoms with van der Waals surface area (Å²) in [5, 5.41) is 0. The SMILES string of the molecule is CCC(C(=O)OC)N1C(=O)C(C)Oc2ccc(CN)cc21. The molecule has 2 N–H and O–H groups in total. The van der Waals surface area contributed by atoms with Crippen molar-refractivity contribution in [1.82, 2.24) is 0 Å². The number of ether oxygens (including phenoxy) is 2. The van der Waals surface area contributed by atoms with E-state index in [1.54, 1.807) is 19.1 Å². The summed E-state index contributed by atoms with van der Waals surface area (Å²) in [6, 6.07) is 4.74. The number of carbonyl (C=O) groups is 2. The normalized spacial score (nSPS) is 18.8. The van der Waals surface area contributed by atoms with Gasteiger partial charge in [-0.25, -0.2) is 4.79 Å². The predicted molar refractivity (Wildman–Crippen MR) is 78.0 cm³/mol. The Balaban J connectivity index is 2.53. The molecule has 1 amide bonds. The van der Waals surface area contributed by atoms with Gasteiger partial charge in [0.05, 0.1) is 12.8 Å². The minimum Gasteiger partial charge on any atom is -0.479 e. The average Bonchev–Trinajstić information content (AvgIpc) is 2.50. The van der Waals surface area contributed by atoms with Crippen molar-refractivity contribution in [2.45, 2.75) is 39.0 Å². The number of hydrogen-bond acceptors (Lipinski definition) is 5. The van der Waals surface area contributed by atoms with Gasteiger partial charge in [-0.05, 0) is 31.0 Å². The van der Waals surface area contributed by atoms with Gasteiger partial charge in [0.15, 0.2) is 6.10 Å². The molecule has 0 fully saturated rings. The molecule has 6 nitrogen and oxygen atoms in total. The Bertz CT molecular complexity index is 559. The van der Waals surface area contributed by atoms with Crippen LogP contribution in [0.15, 0.2) is 18.2 Å². The second-order valence-corrected chi connectivity index (χ2v) is 4.92. The van der Waals surface area contributed by atoms with Crippen molar-refractivity contribution in [3.05, 3.63) is 23.8 Å². The first kappa shape index (κ1) is 15.3. The predicted octanol–water partition coefficient (Wildman–Crippen LogP) is 1.21. The third kappa shape index (κ3) is 2.71. The van der Waals surface area contributed by atoms with Crippen LogP contribution in [-0.4, -0.2) is 31.1 Å². The fourth-order valence-corrected chi connectivity index (χ4v) is 2.45. The number of nitrogens with two attached hydrogens (primary N) is 1. The summed E-state index contributed by atoms with van der Waals surface area (Å²) in [5.74, 6) is -0.125. The Morgan fingerprint density at radius 2 is 2.24 bits per heavy atom. The molecule has 0 spiro atoms. The van der Waals surface area contributed by atoms with Gasteiger partial charge in [-0.3, -0.25) is 9.69 Å². The van der Waals surface area contributed by atoms with E-state index < -0.39 is 18.1 Å². The second-order valence-electron chi connectivity index (χ2n) is 4.92. The van der Waals surface area contributed by atoms with E-state index in [0.29, 0.717) is 24.4 Å². The minimum absolute atomic E-state index is 0.256. The van der Waals surface area contributed by atoms with Gasteiger partial charge in [-0.2, -0.15) is 0 Å². The molecule has 2 rings (SSSR count). The number of rotatable bonds is 4. The van der Waals surface area contributed by atoms with Gasteiger partial charge in [0.25, 0.3) is 5.91 Å². The molecule has 0 radical (unpaired) electrons. The van der Waals surface area contributed by atoms with Crippen molar-refractivity contribution >= 4 is 17.6 Å². The molecule has 21 heavy (non-hydrogen) atoms. The van der Waals surface area contributed by atoms with Gasteiger partial charge in [0.1, 0.15) is 11.8 Å². The first-order chi connectivity index (χ1) is 10.0. The van der Waals surface area contributed by atoms with E-state index in [0.717, 1.165) is 5.56 Å². The van der Waals surface area contributed by atoms with Gasteiger partial charge in [-0.1, -0.05) is 13.0 Å². The molecule has 1 aliphatic heterocycles. The van der Waals surface area contributed by atoms with Crippen molar-refractivity contribution in [3.8, 4) is 5.75 Å². The maximum Gasteiger partial charge on any atom is 0.328 e. The van der Waals surface area contributed by atoms with Crippen LogP contribution < -0.4 is 15.4 Å². The first-order valence-electron chi connectivity index (χ1n) is 6.94. The lowest BCUT2D eigenvalue weighted by atomic mass is 10.1. The Kier molecular flexibility index (Phi) is 4.47. The van der Waals surface area contributed by atoms with Crippen LogP contribution in [0.4, 0.5) is 5.69 Å². The highest BCUT2D eigenvalue weighted by molar-refractivity contribution is 6.04. The van der Waals surface area contributed by atoms with Crippen molar-refractivity contribution in [1.29, 1.82) is 0 Å². The van der Waals surface area contributed by atoms with Crippen molar-refractivity contribution in [2.24, 2.45) is 5.73 Å². The highest BCUT2D eigenvalue weighted by Gasteiger charge is 2.39. The molecule has 0 saturated heterocycles. The zero-order valence-electron chi connectivity index (χ0n) is 12.5. The van der Waals surface area contributed by atoms with Crippen molar-refractivity contribution in [3.63, 3.8) is 0 Å². The molecule has 6 heteroatoms. The van der Waals surface area contributed by atoms with Gasteiger partial charge in [0.2, 0.25) is 0 Å². The van der Waals surface area contributed by atoms with Crippen LogP contribution in [0.5, 0.6) is 5.75 Å². The Labute approximate surface area is 123 Å². The lowest BCUT2D eigenvalue weighted by Gasteiger charge is -2.37. The number of methoxy groups -OCH3 is 1. The minimum atomic E-state index is -0.666. The number of anilines is 1. The summed E-state index contributed by atoms with van der Waals surface area (Å²) in [4.78, 5) is 25.9. The Morgan fingerprint density at radius 1 is 1.52 bits per heavy atom. The summed E-state index contributed by atoms with van der Waals surface area (Å²) < 4.78 is 10.4. The van der Waals surface area contributed by atoms with Gasteiger partial charge < -0.3 is 15.2 Å². The van der Waals surface area contributed by atoms with Crippen LogP contribution in [0.3, 0.4) is 0 Å². The molecule has 1 aromatic carbocycles. The zero-order valence-corrected chi connectivity index (χ0v) is 12.5. The van der Waals surface area contributed by atoms with E-state index in [1.165, 1.54) is 12.0 Å². The van der Waals surface area contributed by atoms with Crippen molar-refractivity contribution in [2.75, 3.05) is 12.0 Å². The molecule has 1 aromatic rings. The summed E-state index contributed by atoms with van der Waals surface area (Å²) >= 11 is 0. The fraction of sp³-hybridized carbons (Fsp3) is 0.467. The summed E-state index contributed by atoms with van der Waals surface area (Å²) in [7, 11) is 1.32. The number of benzene rings is 1. The molecule has 114 valence electrons. The maximum atomic E-state index is 12.5. The average molecular weight is 292 g/mol. The third-order valence-electron chi connectivity index (χ3n) is 3.58. The smallest absolute Gasteiger partial charge is 0.328 e. The molecular weight excluding hydrogens is 272 g/mol. The van der Waals surface area contributed by atoms with E-state index in [9.17, 15) is 9.59 Å². The molecule has 0 aliphatic carbocycles. The van der Waals surface area contributed by atoms with Crippen LogP contribution in [-0.2, 0) is 20.9 Å². The summed E-state index contributed by atoms with van der Waals surface area (Å²) in [5.41, 5.74) is 7.08. The quantitative estimate of drug-likeness (QED) is 0.844. The Morgan fingerprint density at radius 3 is 2.81 bits per heavy atom. The topological polar surface area (TPSA) is 81.9 Å². The number of amides is 1. The van der Waals surface area contributed by atoms with Gasteiger partial charge >= 0.3 is 5.97 Å². The van der Waals surface area contributed by atoms with Gasteiger partial charge in [0, 0.05) is 6.54 Å². The maximum absolute atomic E-state index is 12.5. The van der Waals surface area contributed by atoms with E-state index in [2.05, 4.69) is 0 Å². The van der Waals surface area contributed by atoms with E-state index >= 15 is 0 Å². The fourth-order valence-electron chi connectivity index (χ4n) is 2.45. The monoisotopic (exact) mass is 292 g/mol. The highest BCUT2D eigenvalue weighted by Crippen LogP contribution is 2.36. The lowest BCUT2D eigenvalue weighted by Crippen LogP contribution is -2.52. The van der Waals surface area contributed by atoms with Crippen LogP contribution >= 0.6 is 0 Å². The van der Waals surface area contributed by atoms with E-state index in [4.69, 9.17) is 15.2 Å². The summed E-state index contributed by atoms with van der Waals surface area (Å²) in [6.45, 7) is 3.85. The molecule has 1 heterocycles. The van der Waals surface area contributed by atoms with Crippen LogP contribution in [0.25, 0.3) is 0 Å². The molecule has 2 unspecified atom stereocenters. The van der Waals surface area contributed by atoms with Crippen molar-refractivity contribution < 1.29 is 19.1 Å².